The average molecular weight is 330 g/mol. The number of hydrogen-bond donors (Lipinski definition) is 1. The molecule has 0 unspecified atom stereocenters. The van der Waals surface area contributed by atoms with Crippen molar-refractivity contribution in [2.45, 2.75) is 6.61 Å². The Hall–Kier alpha value is -1.73. The molecule has 0 aliphatic heterocycles. The lowest BCUT2D eigenvalue weighted by Crippen LogP contribution is -1.95. The molecule has 0 aliphatic carbocycles. The fourth-order valence-corrected chi connectivity index (χ4v) is 2.09. The third-order valence-electron chi connectivity index (χ3n) is 2.44. The van der Waals surface area contributed by atoms with Gasteiger partial charge in [-0.25, -0.2) is 9.18 Å². The molecule has 0 saturated carbocycles. The minimum atomic E-state index is -1.20. The van der Waals surface area contributed by atoms with Crippen molar-refractivity contribution in [2.75, 3.05) is 7.11 Å². The van der Waals surface area contributed by atoms with Gasteiger partial charge in [0.05, 0.1) is 6.61 Å². The van der Waals surface area contributed by atoms with Crippen molar-refractivity contribution in [3.8, 4) is 11.3 Å². The largest absolute Gasteiger partial charge is 0.476 e. The highest BCUT2D eigenvalue weighted by molar-refractivity contribution is 9.10. The standard InChI is InChI=1S/C12H9BrFNO4/c1-18-5-7-8(13)2-6(3-9(7)14)11-4-10(12(16)17)15-19-11/h2-4H,5H2,1H3,(H,16,17). The second-order valence-electron chi connectivity index (χ2n) is 3.73. The maximum absolute atomic E-state index is 13.9. The summed E-state index contributed by atoms with van der Waals surface area (Å²) < 4.78 is 24.1. The Morgan fingerprint density at radius 2 is 2.26 bits per heavy atom. The third-order valence-corrected chi connectivity index (χ3v) is 3.15. The lowest BCUT2D eigenvalue weighted by atomic mass is 10.1. The highest BCUT2D eigenvalue weighted by atomic mass is 79.9. The average Bonchev–Trinajstić information content (AvgIpc) is 2.83. The number of aromatic carboxylic acids is 1. The molecule has 19 heavy (non-hydrogen) atoms. The van der Waals surface area contributed by atoms with Gasteiger partial charge in [-0.2, -0.15) is 0 Å². The zero-order chi connectivity index (χ0) is 14.0. The first-order valence-corrected chi connectivity index (χ1v) is 5.99. The molecule has 0 radical (unpaired) electrons. The highest BCUT2D eigenvalue weighted by Crippen LogP contribution is 2.29. The van der Waals surface area contributed by atoms with E-state index in [1.807, 2.05) is 0 Å². The van der Waals surface area contributed by atoms with Crippen LogP contribution in [0.2, 0.25) is 0 Å². The first-order chi connectivity index (χ1) is 9.02. The summed E-state index contributed by atoms with van der Waals surface area (Å²) in [6, 6.07) is 4.09. The van der Waals surface area contributed by atoms with E-state index in [0.29, 0.717) is 15.6 Å². The minimum absolute atomic E-state index is 0.128. The molecular formula is C12H9BrFNO4. The van der Waals surface area contributed by atoms with Crippen LogP contribution >= 0.6 is 15.9 Å². The molecule has 1 heterocycles. The Labute approximate surface area is 116 Å². The van der Waals surface area contributed by atoms with Crippen LogP contribution in [0.1, 0.15) is 16.1 Å². The Morgan fingerprint density at radius 1 is 1.53 bits per heavy atom. The molecule has 2 rings (SSSR count). The van der Waals surface area contributed by atoms with Gasteiger partial charge in [-0.15, -0.1) is 0 Å². The van der Waals surface area contributed by atoms with Crippen LogP contribution in [0.4, 0.5) is 4.39 Å². The molecule has 0 amide bonds. The second kappa shape index (κ2) is 5.50. The van der Waals surface area contributed by atoms with Gasteiger partial charge in [0.25, 0.3) is 0 Å². The first kappa shape index (κ1) is 13.7. The quantitative estimate of drug-likeness (QED) is 0.933. The number of halogens is 2. The summed E-state index contributed by atoms with van der Waals surface area (Å²) >= 11 is 3.23. The van der Waals surface area contributed by atoms with Gasteiger partial charge >= 0.3 is 5.97 Å². The van der Waals surface area contributed by atoms with Crippen LogP contribution in [-0.2, 0) is 11.3 Å². The van der Waals surface area contributed by atoms with Crippen LogP contribution in [-0.4, -0.2) is 23.3 Å². The predicted molar refractivity (Wildman–Crippen MR) is 67.3 cm³/mol. The molecule has 2 aromatic rings. The molecule has 0 bridgehead atoms. The van der Waals surface area contributed by atoms with Crippen molar-refractivity contribution in [3.05, 3.63) is 39.7 Å². The van der Waals surface area contributed by atoms with Crippen LogP contribution in [0, 0.1) is 5.82 Å². The summed E-state index contributed by atoms with van der Waals surface area (Å²) in [4.78, 5) is 10.7. The summed E-state index contributed by atoms with van der Waals surface area (Å²) in [5.41, 5.74) is 0.543. The van der Waals surface area contributed by atoms with E-state index in [1.54, 1.807) is 6.07 Å². The zero-order valence-electron chi connectivity index (χ0n) is 9.81. The van der Waals surface area contributed by atoms with E-state index in [2.05, 4.69) is 21.1 Å². The monoisotopic (exact) mass is 329 g/mol. The molecule has 1 aromatic carbocycles. The molecule has 0 spiro atoms. The number of carboxylic acid groups (broad SMARTS) is 1. The number of nitrogens with zero attached hydrogens (tertiary/aromatic N) is 1. The van der Waals surface area contributed by atoms with Gasteiger partial charge in [-0.1, -0.05) is 21.1 Å². The molecule has 100 valence electrons. The van der Waals surface area contributed by atoms with Gasteiger partial charge in [0.15, 0.2) is 11.5 Å². The molecule has 0 fully saturated rings. The smallest absolute Gasteiger partial charge is 0.358 e. The van der Waals surface area contributed by atoms with Crippen LogP contribution < -0.4 is 0 Å². The molecule has 5 nitrogen and oxygen atoms in total. The van der Waals surface area contributed by atoms with E-state index < -0.39 is 11.8 Å². The van der Waals surface area contributed by atoms with E-state index in [1.165, 1.54) is 19.2 Å². The zero-order valence-corrected chi connectivity index (χ0v) is 11.4. The number of methoxy groups -OCH3 is 1. The highest BCUT2D eigenvalue weighted by Gasteiger charge is 2.15. The molecular weight excluding hydrogens is 321 g/mol. The molecule has 0 atom stereocenters. The molecule has 7 heteroatoms. The Kier molecular flexibility index (Phi) is 3.96. The van der Waals surface area contributed by atoms with Crippen LogP contribution in [0.5, 0.6) is 0 Å². The molecule has 1 N–H and O–H groups in total. The van der Waals surface area contributed by atoms with Crippen LogP contribution in [0.25, 0.3) is 11.3 Å². The molecule has 1 aromatic heterocycles. The fourth-order valence-electron chi connectivity index (χ4n) is 1.54. The summed E-state index contributed by atoms with van der Waals surface area (Å²) in [5.74, 6) is -1.49. The van der Waals surface area contributed by atoms with Gasteiger partial charge in [0, 0.05) is 28.8 Å². The van der Waals surface area contributed by atoms with Crippen molar-refractivity contribution in [3.63, 3.8) is 0 Å². The van der Waals surface area contributed by atoms with Crippen LogP contribution in [0.3, 0.4) is 0 Å². The number of carboxylic acids is 1. The van der Waals surface area contributed by atoms with Crippen molar-refractivity contribution < 1.29 is 23.6 Å². The number of rotatable bonds is 4. The predicted octanol–water partition coefficient (Wildman–Crippen LogP) is 3.09. The van der Waals surface area contributed by atoms with Gasteiger partial charge < -0.3 is 14.4 Å². The Morgan fingerprint density at radius 3 is 2.79 bits per heavy atom. The van der Waals surface area contributed by atoms with E-state index in [9.17, 15) is 9.18 Å². The van der Waals surface area contributed by atoms with Crippen molar-refractivity contribution in [2.24, 2.45) is 0 Å². The summed E-state index contributed by atoms with van der Waals surface area (Å²) in [5, 5.41) is 12.1. The van der Waals surface area contributed by atoms with Gasteiger partial charge in [-0.05, 0) is 12.1 Å². The SMILES string of the molecule is COCc1c(F)cc(-c2cc(C(=O)O)no2)cc1Br. The second-order valence-corrected chi connectivity index (χ2v) is 4.59. The third kappa shape index (κ3) is 2.82. The fraction of sp³-hybridized carbons (Fsp3) is 0.167. The van der Waals surface area contributed by atoms with Gasteiger partial charge in [0.2, 0.25) is 0 Å². The van der Waals surface area contributed by atoms with E-state index >= 15 is 0 Å². The van der Waals surface area contributed by atoms with Gasteiger partial charge in [0.1, 0.15) is 5.82 Å². The summed E-state index contributed by atoms with van der Waals surface area (Å²) in [7, 11) is 1.47. The van der Waals surface area contributed by atoms with E-state index in [-0.39, 0.29) is 18.1 Å². The number of carbonyl (C=O) groups is 1. The number of ether oxygens (including phenoxy) is 1. The normalized spacial score (nSPS) is 10.7. The van der Waals surface area contributed by atoms with Crippen molar-refractivity contribution in [1.82, 2.24) is 5.16 Å². The lowest BCUT2D eigenvalue weighted by molar-refractivity contribution is 0.0686. The van der Waals surface area contributed by atoms with Crippen molar-refractivity contribution in [1.29, 1.82) is 0 Å². The van der Waals surface area contributed by atoms with E-state index in [4.69, 9.17) is 14.4 Å². The maximum atomic E-state index is 13.9. The Bertz CT molecular complexity index is 603. The summed E-state index contributed by atoms with van der Waals surface area (Å²) in [6.07, 6.45) is 0. The number of hydrogen-bond acceptors (Lipinski definition) is 4. The molecule has 0 saturated heterocycles. The first-order valence-electron chi connectivity index (χ1n) is 5.20. The van der Waals surface area contributed by atoms with Crippen molar-refractivity contribution >= 4 is 21.9 Å². The molecule has 0 aliphatic rings. The number of benzene rings is 1. The Balaban J connectivity index is 2.42. The summed E-state index contributed by atoms with van der Waals surface area (Å²) in [6.45, 7) is 0.128. The van der Waals surface area contributed by atoms with Gasteiger partial charge in [-0.3, -0.25) is 0 Å². The topological polar surface area (TPSA) is 72.6 Å². The minimum Gasteiger partial charge on any atom is -0.476 e. The lowest BCUT2D eigenvalue weighted by Gasteiger charge is -2.06. The van der Waals surface area contributed by atoms with E-state index in [0.717, 1.165) is 0 Å². The maximum Gasteiger partial charge on any atom is 0.358 e. The number of aromatic nitrogens is 1. The van der Waals surface area contributed by atoms with Crippen LogP contribution in [0.15, 0.2) is 27.2 Å².